The van der Waals surface area contributed by atoms with Gasteiger partial charge in [-0.05, 0) is 39.3 Å². The number of H-pyrrole nitrogens is 1. The highest BCUT2D eigenvalue weighted by atomic mass is 16.3. The minimum atomic E-state index is -0.690. The number of nitrogens with zero attached hydrogens (tertiary/aromatic N) is 2. The van der Waals surface area contributed by atoms with Crippen molar-refractivity contribution in [1.82, 2.24) is 9.55 Å². The molecule has 1 aromatic heterocycles. The number of hydrogen-bond donors (Lipinski definition) is 2. The molecule has 0 saturated carbocycles. The van der Waals surface area contributed by atoms with Crippen LogP contribution in [0.3, 0.4) is 0 Å². The zero-order valence-electron chi connectivity index (χ0n) is 13.0. The van der Waals surface area contributed by atoms with Gasteiger partial charge in [0.25, 0.3) is 5.56 Å². The van der Waals surface area contributed by atoms with Gasteiger partial charge in [-0.2, -0.15) is 0 Å². The average Bonchev–Trinajstić information content (AvgIpc) is 2.39. The number of hydrogen-bond acceptors (Lipinski definition) is 4. The van der Waals surface area contributed by atoms with Gasteiger partial charge in [-0.1, -0.05) is 18.2 Å². The van der Waals surface area contributed by atoms with Crippen LogP contribution in [0.4, 0.5) is 0 Å². The second kappa shape index (κ2) is 5.63. The molecule has 1 heterocycles. The lowest BCUT2D eigenvalue weighted by molar-refractivity contribution is 0.429. The summed E-state index contributed by atoms with van der Waals surface area (Å²) < 4.78 is 1.07. The SMILES string of the molecule is Cc1ccccc1-n1c(O)c(C=NC(C)(C)C)c(=O)[nH]c1=O. The Kier molecular flexibility index (Phi) is 4.03. The number of aromatic amines is 1. The molecule has 22 heavy (non-hydrogen) atoms. The summed E-state index contributed by atoms with van der Waals surface area (Å²) in [7, 11) is 0. The zero-order valence-corrected chi connectivity index (χ0v) is 13.0. The second-order valence-corrected chi connectivity index (χ2v) is 6.05. The first-order valence-corrected chi connectivity index (χ1v) is 6.90. The summed E-state index contributed by atoms with van der Waals surface area (Å²) in [6.07, 6.45) is 1.29. The molecule has 0 bridgehead atoms. The first kappa shape index (κ1) is 15.8. The van der Waals surface area contributed by atoms with Crippen molar-refractivity contribution in [3.05, 3.63) is 56.2 Å². The van der Waals surface area contributed by atoms with E-state index in [0.29, 0.717) is 5.69 Å². The van der Waals surface area contributed by atoms with Gasteiger partial charge in [-0.25, -0.2) is 9.36 Å². The van der Waals surface area contributed by atoms with Crippen LogP contribution in [-0.2, 0) is 0 Å². The summed E-state index contributed by atoms with van der Waals surface area (Å²) in [5, 5.41) is 10.4. The Morgan fingerprint density at radius 2 is 1.86 bits per heavy atom. The highest BCUT2D eigenvalue weighted by Gasteiger charge is 2.16. The van der Waals surface area contributed by atoms with Crippen molar-refractivity contribution < 1.29 is 5.11 Å². The first-order chi connectivity index (χ1) is 10.2. The third kappa shape index (κ3) is 3.16. The van der Waals surface area contributed by atoms with E-state index in [0.717, 1.165) is 10.1 Å². The molecule has 2 N–H and O–H groups in total. The lowest BCUT2D eigenvalue weighted by Gasteiger charge is -2.13. The molecule has 1 aromatic carbocycles. The maximum Gasteiger partial charge on any atom is 0.335 e. The topological polar surface area (TPSA) is 87.4 Å². The molecule has 2 rings (SSSR count). The van der Waals surface area contributed by atoms with Gasteiger partial charge in [0.1, 0.15) is 5.56 Å². The van der Waals surface area contributed by atoms with Gasteiger partial charge in [0, 0.05) is 6.21 Å². The Morgan fingerprint density at radius 1 is 1.23 bits per heavy atom. The summed E-state index contributed by atoms with van der Waals surface area (Å²) in [6, 6.07) is 7.09. The van der Waals surface area contributed by atoms with Gasteiger partial charge in [0.2, 0.25) is 5.88 Å². The minimum Gasteiger partial charge on any atom is -0.493 e. The molecule has 0 amide bonds. The minimum absolute atomic E-state index is 0.0437. The predicted molar refractivity (Wildman–Crippen MR) is 86.4 cm³/mol. The van der Waals surface area contributed by atoms with Crippen molar-refractivity contribution in [2.45, 2.75) is 33.2 Å². The number of rotatable bonds is 2. The predicted octanol–water partition coefficient (Wildman–Crippen LogP) is 1.76. The van der Waals surface area contributed by atoms with Crippen LogP contribution in [-0.4, -0.2) is 26.4 Å². The fourth-order valence-corrected chi connectivity index (χ4v) is 1.95. The van der Waals surface area contributed by atoms with E-state index >= 15 is 0 Å². The lowest BCUT2D eigenvalue weighted by Crippen LogP contribution is -2.32. The van der Waals surface area contributed by atoms with Crippen LogP contribution in [0, 0.1) is 6.92 Å². The standard InChI is InChI=1S/C16H19N3O3/c1-10-7-5-6-8-12(10)19-14(21)11(9-17-16(2,3)4)13(20)18-15(19)22/h5-9,21H,1-4H3,(H,18,20,22). The molecular weight excluding hydrogens is 282 g/mol. The van der Waals surface area contributed by atoms with E-state index in [1.165, 1.54) is 6.21 Å². The third-order valence-electron chi connectivity index (χ3n) is 3.06. The number of aromatic hydroxyl groups is 1. The van der Waals surface area contributed by atoms with Crippen LogP contribution in [0.15, 0.2) is 38.8 Å². The van der Waals surface area contributed by atoms with E-state index in [9.17, 15) is 14.7 Å². The van der Waals surface area contributed by atoms with E-state index < -0.39 is 22.7 Å². The molecule has 0 spiro atoms. The average molecular weight is 301 g/mol. The van der Waals surface area contributed by atoms with Crippen LogP contribution >= 0.6 is 0 Å². The van der Waals surface area contributed by atoms with Crippen molar-refractivity contribution >= 4 is 6.21 Å². The van der Waals surface area contributed by atoms with E-state index in [1.54, 1.807) is 12.1 Å². The third-order valence-corrected chi connectivity index (χ3v) is 3.06. The fourth-order valence-electron chi connectivity index (χ4n) is 1.95. The summed E-state index contributed by atoms with van der Waals surface area (Å²) in [5.74, 6) is -0.420. The molecule has 116 valence electrons. The summed E-state index contributed by atoms with van der Waals surface area (Å²) in [5.41, 5.74) is -0.497. The summed E-state index contributed by atoms with van der Waals surface area (Å²) in [4.78, 5) is 30.4. The lowest BCUT2D eigenvalue weighted by atomic mass is 10.1. The van der Waals surface area contributed by atoms with Crippen LogP contribution in [0.5, 0.6) is 5.88 Å². The molecule has 0 aliphatic carbocycles. The van der Waals surface area contributed by atoms with Gasteiger partial charge in [0.05, 0.1) is 11.2 Å². The van der Waals surface area contributed by atoms with Crippen molar-refractivity contribution in [1.29, 1.82) is 0 Å². The number of para-hydroxylation sites is 1. The highest BCUT2D eigenvalue weighted by molar-refractivity contribution is 5.82. The Bertz CT molecular complexity index is 839. The van der Waals surface area contributed by atoms with Crippen molar-refractivity contribution in [2.24, 2.45) is 4.99 Å². The van der Waals surface area contributed by atoms with Gasteiger partial charge >= 0.3 is 5.69 Å². The molecule has 0 aliphatic rings. The van der Waals surface area contributed by atoms with Crippen LogP contribution in [0.1, 0.15) is 31.9 Å². The van der Waals surface area contributed by atoms with Crippen LogP contribution in [0.2, 0.25) is 0 Å². The van der Waals surface area contributed by atoms with Crippen LogP contribution < -0.4 is 11.2 Å². The highest BCUT2D eigenvalue weighted by Crippen LogP contribution is 2.18. The number of aliphatic imine (C=N–C) groups is 1. The summed E-state index contributed by atoms with van der Waals surface area (Å²) >= 11 is 0. The number of aromatic nitrogens is 2. The molecule has 2 aromatic rings. The maximum absolute atomic E-state index is 12.1. The van der Waals surface area contributed by atoms with Crippen molar-refractivity contribution in [2.75, 3.05) is 0 Å². The molecule has 0 fully saturated rings. The number of benzene rings is 1. The number of aryl methyl sites for hydroxylation is 1. The summed E-state index contributed by atoms with van der Waals surface area (Å²) in [6.45, 7) is 7.42. The quantitative estimate of drug-likeness (QED) is 0.828. The van der Waals surface area contributed by atoms with E-state index in [-0.39, 0.29) is 5.56 Å². The van der Waals surface area contributed by atoms with E-state index in [4.69, 9.17) is 0 Å². The fraction of sp³-hybridized carbons (Fsp3) is 0.312. The normalized spacial score (nSPS) is 12.0. The van der Waals surface area contributed by atoms with Crippen molar-refractivity contribution in [3.8, 4) is 11.6 Å². The molecule has 0 saturated heterocycles. The zero-order chi connectivity index (χ0) is 16.5. The molecular formula is C16H19N3O3. The molecule has 0 atom stereocenters. The van der Waals surface area contributed by atoms with Gasteiger partial charge in [-0.15, -0.1) is 0 Å². The van der Waals surface area contributed by atoms with Gasteiger partial charge in [0.15, 0.2) is 0 Å². The Hall–Kier alpha value is -2.63. The Morgan fingerprint density at radius 3 is 2.45 bits per heavy atom. The van der Waals surface area contributed by atoms with Crippen molar-refractivity contribution in [3.63, 3.8) is 0 Å². The smallest absolute Gasteiger partial charge is 0.335 e. The molecule has 6 nitrogen and oxygen atoms in total. The second-order valence-electron chi connectivity index (χ2n) is 6.05. The number of nitrogens with one attached hydrogen (secondary N) is 1. The largest absolute Gasteiger partial charge is 0.493 e. The van der Waals surface area contributed by atoms with Crippen LogP contribution in [0.25, 0.3) is 5.69 Å². The maximum atomic E-state index is 12.1. The molecule has 6 heteroatoms. The van der Waals surface area contributed by atoms with Gasteiger partial charge in [-0.3, -0.25) is 14.8 Å². The molecule has 0 unspecified atom stereocenters. The van der Waals surface area contributed by atoms with E-state index in [1.807, 2.05) is 39.8 Å². The molecule has 0 aliphatic heterocycles. The molecule has 0 radical (unpaired) electrons. The Balaban J connectivity index is 2.73. The van der Waals surface area contributed by atoms with Gasteiger partial charge < -0.3 is 5.11 Å². The first-order valence-electron chi connectivity index (χ1n) is 6.90. The Labute approximate surface area is 127 Å². The van der Waals surface area contributed by atoms with E-state index in [2.05, 4.69) is 9.98 Å². The monoisotopic (exact) mass is 301 g/mol.